The molecule has 1 aliphatic carbocycles. The van der Waals surface area contributed by atoms with Crippen molar-refractivity contribution in [2.45, 2.75) is 43.9 Å². The molecule has 0 aromatic heterocycles. The molecular formula is C32H29F4NO3. The lowest BCUT2D eigenvalue weighted by atomic mass is 9.72. The molecule has 0 unspecified atom stereocenters. The van der Waals surface area contributed by atoms with Crippen LogP contribution in [0.4, 0.5) is 17.6 Å². The van der Waals surface area contributed by atoms with Crippen molar-refractivity contribution in [2.24, 2.45) is 5.16 Å². The van der Waals surface area contributed by atoms with Gasteiger partial charge in [-0.1, -0.05) is 72.8 Å². The molecule has 0 radical (unpaired) electrons. The molecule has 0 atom stereocenters. The van der Waals surface area contributed by atoms with Gasteiger partial charge in [0.05, 0.1) is 0 Å². The largest absolute Gasteiger partial charge is 0.486 e. The summed E-state index contributed by atoms with van der Waals surface area (Å²) in [6.07, 6.45) is 1.10. The Balaban J connectivity index is 1.88. The third-order valence-electron chi connectivity index (χ3n) is 6.94. The van der Waals surface area contributed by atoms with Gasteiger partial charge in [-0.2, -0.15) is 8.78 Å². The third kappa shape index (κ3) is 5.43. The highest BCUT2D eigenvalue weighted by molar-refractivity contribution is 6.15. The van der Waals surface area contributed by atoms with E-state index in [9.17, 15) is 22.4 Å². The van der Waals surface area contributed by atoms with Crippen LogP contribution in [0.25, 0.3) is 11.1 Å². The van der Waals surface area contributed by atoms with Crippen LogP contribution in [0.3, 0.4) is 0 Å². The van der Waals surface area contributed by atoms with Crippen molar-refractivity contribution >= 4 is 11.7 Å². The second kappa shape index (κ2) is 11.9. The van der Waals surface area contributed by atoms with Gasteiger partial charge < -0.3 is 9.57 Å². The smallest absolute Gasteiger partial charge is 0.340 e. The van der Waals surface area contributed by atoms with Gasteiger partial charge in [-0.25, -0.2) is 13.6 Å². The molecule has 0 N–H and O–H groups in total. The van der Waals surface area contributed by atoms with Gasteiger partial charge in [0.2, 0.25) is 0 Å². The lowest BCUT2D eigenvalue weighted by Gasteiger charge is -2.30. The molecule has 3 aromatic carbocycles. The molecule has 0 aliphatic heterocycles. The van der Waals surface area contributed by atoms with Gasteiger partial charge >= 0.3 is 18.3 Å². The zero-order valence-corrected chi connectivity index (χ0v) is 22.0. The van der Waals surface area contributed by atoms with Gasteiger partial charge in [0.25, 0.3) is 0 Å². The maximum atomic E-state index is 13.7. The zero-order valence-electron chi connectivity index (χ0n) is 22.0. The summed E-state index contributed by atoms with van der Waals surface area (Å²) in [5.74, 6) is -5.07. The van der Waals surface area contributed by atoms with Crippen LogP contribution >= 0.6 is 0 Å². The number of alkyl halides is 4. The van der Waals surface area contributed by atoms with Crippen LogP contribution in [-0.4, -0.2) is 30.6 Å². The van der Waals surface area contributed by atoms with Crippen LogP contribution in [0.2, 0.25) is 0 Å². The van der Waals surface area contributed by atoms with Crippen LogP contribution in [0.5, 0.6) is 5.75 Å². The predicted molar refractivity (Wildman–Crippen MR) is 147 cm³/mol. The minimum atomic E-state index is -4.35. The number of ether oxygens (including phenoxy) is 1. The van der Waals surface area contributed by atoms with E-state index in [0.717, 1.165) is 22.3 Å². The molecule has 0 heterocycles. The van der Waals surface area contributed by atoms with Crippen molar-refractivity contribution in [3.8, 4) is 16.9 Å². The topological polar surface area (TPSA) is 47.9 Å². The number of nitrogens with zero attached hydrogens (tertiary/aromatic N) is 1. The normalized spacial score (nSPS) is 13.9. The van der Waals surface area contributed by atoms with E-state index in [1.54, 1.807) is 19.1 Å². The van der Waals surface area contributed by atoms with Crippen LogP contribution in [0.15, 0.2) is 97.2 Å². The lowest BCUT2D eigenvalue weighted by Crippen LogP contribution is -2.34. The molecule has 4 rings (SSSR count). The molecule has 0 spiro atoms. The molecule has 208 valence electrons. The molecule has 0 fully saturated rings. The summed E-state index contributed by atoms with van der Waals surface area (Å²) < 4.78 is 58.2. The highest BCUT2D eigenvalue weighted by Crippen LogP contribution is 2.53. The summed E-state index contributed by atoms with van der Waals surface area (Å²) in [4.78, 5) is 17.2. The molecule has 0 amide bonds. The number of fused-ring (bicyclic) bond motifs is 3. The standard InChI is InChI=1S/C32H29F4NO3/c1-4-17-31(18-5-2)25-13-9-7-11-22(25)23-16-15-21(19-26(23)31)29(37-40-28(38)6-3)24-12-8-10-14-27(24)39-20-32(35,36)30(33)34/h4-5,7-16,19,30H,1-2,6,17-18,20H2,3H3/b37-29-. The lowest BCUT2D eigenvalue weighted by molar-refractivity contribution is -0.148. The molecule has 0 saturated heterocycles. The number of hydrogen-bond donors (Lipinski definition) is 0. The minimum absolute atomic E-state index is 0.0524. The van der Waals surface area contributed by atoms with E-state index < -0.39 is 30.3 Å². The van der Waals surface area contributed by atoms with Crippen LogP contribution < -0.4 is 4.74 Å². The first kappa shape index (κ1) is 28.8. The Morgan fingerprint density at radius 3 is 2.30 bits per heavy atom. The molecule has 3 aromatic rings. The second-order valence-corrected chi connectivity index (χ2v) is 9.48. The monoisotopic (exact) mass is 551 g/mol. The Morgan fingerprint density at radius 1 is 0.975 bits per heavy atom. The molecule has 8 heteroatoms. The van der Waals surface area contributed by atoms with Gasteiger partial charge in [0, 0.05) is 23.0 Å². The Kier molecular flexibility index (Phi) is 8.57. The molecule has 4 nitrogen and oxygen atoms in total. The second-order valence-electron chi connectivity index (χ2n) is 9.48. The fourth-order valence-electron chi connectivity index (χ4n) is 5.06. The fraction of sp³-hybridized carbons (Fsp3) is 0.250. The van der Waals surface area contributed by atoms with E-state index in [4.69, 9.17) is 9.57 Å². The van der Waals surface area contributed by atoms with E-state index in [2.05, 4.69) is 24.4 Å². The summed E-state index contributed by atoms with van der Waals surface area (Å²) in [6, 6.07) is 19.8. The Labute approximate surface area is 230 Å². The number of halogens is 4. The van der Waals surface area contributed by atoms with Crippen LogP contribution in [-0.2, 0) is 15.0 Å². The van der Waals surface area contributed by atoms with Gasteiger partial charge in [-0.15, -0.1) is 13.2 Å². The van der Waals surface area contributed by atoms with Gasteiger partial charge in [0.1, 0.15) is 11.5 Å². The molecule has 0 saturated carbocycles. The van der Waals surface area contributed by atoms with Crippen molar-refractivity contribution in [1.82, 2.24) is 0 Å². The third-order valence-corrected chi connectivity index (χ3v) is 6.94. The number of carbonyl (C=O) groups is 1. The summed E-state index contributed by atoms with van der Waals surface area (Å²) in [6.45, 7) is 8.02. The first-order chi connectivity index (χ1) is 19.2. The first-order valence-electron chi connectivity index (χ1n) is 12.8. The highest BCUT2D eigenvalue weighted by atomic mass is 19.3. The Morgan fingerprint density at radius 2 is 1.62 bits per heavy atom. The summed E-state index contributed by atoms with van der Waals surface area (Å²) in [5, 5.41) is 4.10. The average molecular weight is 552 g/mol. The minimum Gasteiger partial charge on any atom is -0.486 e. The number of rotatable bonds is 12. The van der Waals surface area contributed by atoms with Gasteiger partial charge in [0.15, 0.2) is 6.61 Å². The number of para-hydroxylation sites is 1. The van der Waals surface area contributed by atoms with Gasteiger partial charge in [-0.05, 0) is 53.3 Å². The zero-order chi connectivity index (χ0) is 28.9. The molecular weight excluding hydrogens is 522 g/mol. The van der Waals surface area contributed by atoms with E-state index >= 15 is 0 Å². The maximum absolute atomic E-state index is 13.7. The SMILES string of the molecule is C=CCC1(CC=C)c2ccccc2-c2ccc(/C(=N/OC(=O)CC)c3ccccc3OCC(F)(F)C(F)F)cc21. The Bertz CT molecular complexity index is 1440. The molecule has 1 aliphatic rings. The average Bonchev–Trinajstić information content (AvgIpc) is 3.22. The number of hydrogen-bond acceptors (Lipinski definition) is 4. The summed E-state index contributed by atoms with van der Waals surface area (Å²) >= 11 is 0. The molecule has 40 heavy (non-hydrogen) atoms. The van der Waals surface area contributed by atoms with Crippen LogP contribution in [0, 0.1) is 0 Å². The van der Waals surface area contributed by atoms with E-state index in [0.29, 0.717) is 18.4 Å². The van der Waals surface area contributed by atoms with E-state index in [1.807, 2.05) is 42.5 Å². The summed E-state index contributed by atoms with van der Waals surface area (Å²) in [5.41, 5.74) is 4.55. The molecule has 0 bridgehead atoms. The summed E-state index contributed by atoms with van der Waals surface area (Å²) in [7, 11) is 0. The number of carbonyl (C=O) groups excluding carboxylic acids is 1. The number of oxime groups is 1. The van der Waals surface area contributed by atoms with Crippen molar-refractivity contribution in [3.63, 3.8) is 0 Å². The van der Waals surface area contributed by atoms with Crippen molar-refractivity contribution in [2.75, 3.05) is 6.61 Å². The van der Waals surface area contributed by atoms with Crippen LogP contribution in [0.1, 0.15) is 48.4 Å². The van der Waals surface area contributed by atoms with E-state index in [1.165, 1.54) is 18.2 Å². The number of benzene rings is 3. The predicted octanol–water partition coefficient (Wildman–Crippen LogP) is 8.09. The van der Waals surface area contributed by atoms with Crippen molar-refractivity contribution in [3.05, 3.63) is 114 Å². The fourth-order valence-corrected chi connectivity index (χ4v) is 5.06. The van der Waals surface area contributed by atoms with Crippen molar-refractivity contribution < 1.29 is 31.9 Å². The maximum Gasteiger partial charge on any atom is 0.340 e. The Hall–Kier alpha value is -4.20. The van der Waals surface area contributed by atoms with Gasteiger partial charge in [-0.3, -0.25) is 0 Å². The quantitative estimate of drug-likeness (QED) is 0.0752. The highest BCUT2D eigenvalue weighted by Gasteiger charge is 2.43. The van der Waals surface area contributed by atoms with E-state index in [-0.39, 0.29) is 23.4 Å². The van der Waals surface area contributed by atoms with Crippen molar-refractivity contribution in [1.29, 1.82) is 0 Å². The first-order valence-corrected chi connectivity index (χ1v) is 12.8. The number of allylic oxidation sites excluding steroid dienone is 2.